The fraction of sp³-hybridized carbons (Fsp3) is 0.296. The van der Waals surface area contributed by atoms with Crippen molar-refractivity contribution in [3.8, 4) is 11.5 Å². The van der Waals surface area contributed by atoms with Gasteiger partial charge in [-0.2, -0.15) is 0 Å². The number of rotatable bonds is 3. The Hall–Kier alpha value is -2.79. The van der Waals surface area contributed by atoms with Crippen molar-refractivity contribution in [3.05, 3.63) is 69.7 Å². The summed E-state index contributed by atoms with van der Waals surface area (Å²) in [7, 11) is 3.25. The van der Waals surface area contributed by atoms with Gasteiger partial charge in [0.15, 0.2) is 17.3 Å². The summed E-state index contributed by atoms with van der Waals surface area (Å²) in [6.45, 7) is 4.36. The van der Waals surface area contributed by atoms with Crippen molar-refractivity contribution in [1.29, 1.82) is 0 Å². The van der Waals surface area contributed by atoms with E-state index in [1.54, 1.807) is 14.2 Å². The minimum atomic E-state index is -0.277. The zero-order chi connectivity index (χ0) is 22.6. The van der Waals surface area contributed by atoms with E-state index in [0.717, 1.165) is 44.2 Å². The predicted octanol–water partition coefficient (Wildman–Crippen LogP) is 6.93. The standard InChI is InChI=1S/C27H26BrNO3/c1-27(2)13-19-17-10-9-15-7-5-6-8-16(15)25(17)29-26(24(19)21(30)14-27)18-11-22(31-3)23(32-4)12-20(18)28/h5-12,26,29H,13-14H2,1-4H3/t26-/m0/s1. The van der Waals surface area contributed by atoms with Crippen molar-refractivity contribution >= 4 is 43.7 Å². The van der Waals surface area contributed by atoms with Gasteiger partial charge in [-0.3, -0.25) is 4.79 Å². The van der Waals surface area contributed by atoms with Gasteiger partial charge in [0.05, 0.1) is 25.9 Å². The molecule has 1 aliphatic carbocycles. The summed E-state index contributed by atoms with van der Waals surface area (Å²) in [4.78, 5) is 13.5. The molecule has 0 amide bonds. The first-order valence-corrected chi connectivity index (χ1v) is 11.6. The number of hydrogen-bond donors (Lipinski definition) is 1. The van der Waals surface area contributed by atoms with E-state index in [2.05, 4.69) is 71.5 Å². The number of carbonyl (C=O) groups excluding carboxylic acids is 1. The molecule has 0 unspecified atom stereocenters. The Labute approximate surface area is 196 Å². The third-order valence-corrected chi connectivity index (χ3v) is 7.25. The van der Waals surface area contributed by atoms with Gasteiger partial charge in [0.1, 0.15) is 0 Å². The van der Waals surface area contributed by atoms with Gasteiger partial charge in [0.25, 0.3) is 0 Å². The summed E-state index contributed by atoms with van der Waals surface area (Å²) in [5.74, 6) is 1.49. The molecule has 0 saturated carbocycles. The summed E-state index contributed by atoms with van der Waals surface area (Å²) < 4.78 is 11.9. The number of ketones is 1. The molecule has 0 fully saturated rings. The summed E-state index contributed by atoms with van der Waals surface area (Å²) in [6.07, 6.45) is 1.40. The number of nitrogens with one attached hydrogen (secondary N) is 1. The van der Waals surface area contributed by atoms with Gasteiger partial charge >= 0.3 is 0 Å². The number of anilines is 1. The largest absolute Gasteiger partial charge is 0.493 e. The Morgan fingerprint density at radius 3 is 2.47 bits per heavy atom. The van der Waals surface area contributed by atoms with Crippen LogP contribution in [0.3, 0.4) is 0 Å². The van der Waals surface area contributed by atoms with Crippen LogP contribution in [0.1, 0.15) is 43.9 Å². The number of allylic oxidation sites excluding steroid dienone is 1. The number of carbonyl (C=O) groups is 1. The summed E-state index contributed by atoms with van der Waals surface area (Å²) >= 11 is 3.73. The maximum Gasteiger partial charge on any atom is 0.162 e. The lowest BCUT2D eigenvalue weighted by Gasteiger charge is -2.40. The van der Waals surface area contributed by atoms with Crippen LogP contribution in [0.25, 0.3) is 16.3 Å². The van der Waals surface area contributed by atoms with Crippen LogP contribution >= 0.6 is 15.9 Å². The van der Waals surface area contributed by atoms with Crippen molar-refractivity contribution < 1.29 is 14.3 Å². The van der Waals surface area contributed by atoms with E-state index in [1.165, 1.54) is 5.39 Å². The van der Waals surface area contributed by atoms with Crippen molar-refractivity contribution in [2.45, 2.75) is 32.7 Å². The topological polar surface area (TPSA) is 47.6 Å². The van der Waals surface area contributed by atoms with E-state index >= 15 is 0 Å². The normalized spacial score (nSPS) is 19.3. The van der Waals surface area contributed by atoms with Crippen LogP contribution in [0.4, 0.5) is 5.69 Å². The molecule has 5 rings (SSSR count). The maximum absolute atomic E-state index is 13.5. The molecule has 3 aromatic rings. The van der Waals surface area contributed by atoms with Gasteiger partial charge in [-0.05, 0) is 40.5 Å². The number of ether oxygens (including phenoxy) is 2. The Kier molecular flexibility index (Phi) is 5.05. The second kappa shape index (κ2) is 7.66. The van der Waals surface area contributed by atoms with Crippen LogP contribution in [0.5, 0.6) is 11.5 Å². The molecule has 0 bridgehead atoms. The van der Waals surface area contributed by atoms with Gasteiger partial charge in [0, 0.05) is 27.4 Å². The van der Waals surface area contributed by atoms with E-state index in [9.17, 15) is 4.79 Å². The Morgan fingerprint density at radius 1 is 1.00 bits per heavy atom. The lowest BCUT2D eigenvalue weighted by Crippen LogP contribution is -2.33. The van der Waals surface area contributed by atoms with E-state index in [1.807, 2.05) is 12.1 Å². The molecule has 0 aromatic heterocycles. The zero-order valence-corrected chi connectivity index (χ0v) is 20.3. The molecule has 2 aliphatic rings. The Morgan fingerprint density at radius 2 is 1.72 bits per heavy atom. The van der Waals surface area contributed by atoms with Crippen LogP contribution in [-0.4, -0.2) is 20.0 Å². The molecular weight excluding hydrogens is 466 g/mol. The first-order chi connectivity index (χ1) is 15.3. The third kappa shape index (κ3) is 3.30. The highest BCUT2D eigenvalue weighted by Crippen LogP contribution is 2.53. The molecule has 164 valence electrons. The van der Waals surface area contributed by atoms with Crippen LogP contribution in [-0.2, 0) is 4.79 Å². The summed E-state index contributed by atoms with van der Waals surface area (Å²) in [5.41, 5.74) is 5.11. The summed E-state index contributed by atoms with van der Waals surface area (Å²) in [6, 6.07) is 16.3. The molecule has 1 atom stereocenters. The fourth-order valence-corrected chi connectivity index (χ4v) is 5.68. The number of hydrogen-bond acceptors (Lipinski definition) is 4. The first kappa shape index (κ1) is 21.1. The van der Waals surface area contributed by atoms with Crippen LogP contribution in [0.2, 0.25) is 0 Å². The van der Waals surface area contributed by atoms with Gasteiger partial charge in [0.2, 0.25) is 0 Å². The average molecular weight is 492 g/mol. The van der Waals surface area contributed by atoms with Crippen molar-refractivity contribution in [1.82, 2.24) is 0 Å². The molecule has 32 heavy (non-hydrogen) atoms. The molecular formula is C27H26BrNO3. The van der Waals surface area contributed by atoms with Crippen molar-refractivity contribution in [2.24, 2.45) is 5.41 Å². The monoisotopic (exact) mass is 491 g/mol. The van der Waals surface area contributed by atoms with E-state index in [4.69, 9.17) is 9.47 Å². The van der Waals surface area contributed by atoms with Gasteiger partial charge in [-0.1, -0.05) is 66.2 Å². The van der Waals surface area contributed by atoms with Crippen LogP contribution in [0.15, 0.2) is 58.6 Å². The highest BCUT2D eigenvalue weighted by molar-refractivity contribution is 9.10. The van der Waals surface area contributed by atoms with E-state index in [-0.39, 0.29) is 17.2 Å². The highest BCUT2D eigenvalue weighted by Gasteiger charge is 2.41. The van der Waals surface area contributed by atoms with Crippen LogP contribution < -0.4 is 14.8 Å². The highest BCUT2D eigenvalue weighted by atomic mass is 79.9. The lowest BCUT2D eigenvalue weighted by atomic mass is 9.68. The summed E-state index contributed by atoms with van der Waals surface area (Å²) in [5, 5.41) is 6.07. The molecule has 1 aliphatic heterocycles. The third-order valence-electron chi connectivity index (χ3n) is 6.57. The molecule has 0 spiro atoms. The maximum atomic E-state index is 13.5. The number of fused-ring (bicyclic) bond motifs is 4. The predicted molar refractivity (Wildman–Crippen MR) is 132 cm³/mol. The molecule has 3 aromatic carbocycles. The number of halogens is 1. The fourth-order valence-electron chi connectivity index (χ4n) is 5.13. The molecule has 1 N–H and O–H groups in total. The van der Waals surface area contributed by atoms with Gasteiger partial charge in [-0.25, -0.2) is 0 Å². The zero-order valence-electron chi connectivity index (χ0n) is 18.7. The minimum Gasteiger partial charge on any atom is -0.493 e. The molecule has 4 nitrogen and oxygen atoms in total. The molecule has 0 saturated heterocycles. The Balaban J connectivity index is 1.79. The molecule has 1 heterocycles. The van der Waals surface area contributed by atoms with E-state index < -0.39 is 0 Å². The SMILES string of the molecule is COc1cc(Br)c([C@@H]2Nc3c(ccc4ccccc34)C3=C2C(=O)CC(C)(C)C3)cc1OC. The van der Waals surface area contributed by atoms with E-state index in [0.29, 0.717) is 17.9 Å². The molecule has 0 radical (unpaired) electrons. The second-order valence-electron chi connectivity index (χ2n) is 9.35. The van der Waals surface area contributed by atoms with Gasteiger partial charge < -0.3 is 14.8 Å². The van der Waals surface area contributed by atoms with Gasteiger partial charge in [-0.15, -0.1) is 0 Å². The lowest BCUT2D eigenvalue weighted by molar-refractivity contribution is -0.118. The van der Waals surface area contributed by atoms with Crippen LogP contribution in [0, 0.1) is 5.41 Å². The second-order valence-corrected chi connectivity index (χ2v) is 10.2. The van der Waals surface area contributed by atoms with Crippen molar-refractivity contribution in [3.63, 3.8) is 0 Å². The average Bonchev–Trinajstić information content (AvgIpc) is 2.77. The number of benzene rings is 3. The number of Topliss-reactive ketones (excluding diaryl/α,β-unsaturated/α-hetero) is 1. The number of methoxy groups -OCH3 is 2. The molecule has 5 heteroatoms. The minimum absolute atomic E-state index is 0.0739. The first-order valence-electron chi connectivity index (χ1n) is 10.8. The van der Waals surface area contributed by atoms with Crippen molar-refractivity contribution in [2.75, 3.05) is 19.5 Å². The Bertz CT molecular complexity index is 1290. The quantitative estimate of drug-likeness (QED) is 0.431. The smallest absolute Gasteiger partial charge is 0.162 e.